The van der Waals surface area contributed by atoms with Crippen molar-refractivity contribution in [1.29, 1.82) is 0 Å². The van der Waals surface area contributed by atoms with Crippen LogP contribution in [0.4, 0.5) is 5.69 Å². The summed E-state index contributed by atoms with van der Waals surface area (Å²) < 4.78 is 32.7. The SMILES string of the molecule is CCN1CCC[C@@H](NC(=O)c2cc(N(C)S(=O)(=O)c3ccc(C)cc3)ccc2OC)C1. The first-order valence-electron chi connectivity index (χ1n) is 10.5. The number of carbonyl (C=O) groups excluding carboxylic acids is 1. The average Bonchev–Trinajstić information content (AvgIpc) is 2.78. The highest BCUT2D eigenvalue weighted by molar-refractivity contribution is 7.92. The molecular weight excluding hydrogens is 414 g/mol. The van der Waals surface area contributed by atoms with Crippen LogP contribution < -0.4 is 14.4 Å². The Bertz CT molecular complexity index is 1020. The predicted octanol–water partition coefficient (Wildman–Crippen LogP) is 3.04. The number of piperidine rings is 1. The largest absolute Gasteiger partial charge is 0.496 e. The molecule has 0 unspecified atom stereocenters. The van der Waals surface area contributed by atoms with Crippen molar-refractivity contribution in [2.45, 2.75) is 37.6 Å². The van der Waals surface area contributed by atoms with Gasteiger partial charge < -0.3 is 15.0 Å². The third-order valence-electron chi connectivity index (χ3n) is 5.76. The monoisotopic (exact) mass is 445 g/mol. The molecule has 1 aliphatic heterocycles. The number of likely N-dealkylation sites (N-methyl/N-ethyl adjacent to an activating group) is 1. The molecule has 0 saturated carbocycles. The number of hydrogen-bond donors (Lipinski definition) is 1. The van der Waals surface area contributed by atoms with Crippen molar-refractivity contribution in [2.24, 2.45) is 0 Å². The summed E-state index contributed by atoms with van der Waals surface area (Å²) in [5.74, 6) is 0.147. The fourth-order valence-electron chi connectivity index (χ4n) is 3.80. The van der Waals surface area contributed by atoms with Crippen molar-refractivity contribution in [2.75, 3.05) is 38.1 Å². The first-order chi connectivity index (χ1) is 14.8. The van der Waals surface area contributed by atoms with E-state index >= 15 is 0 Å². The summed E-state index contributed by atoms with van der Waals surface area (Å²) in [5.41, 5.74) is 1.69. The van der Waals surface area contributed by atoms with Crippen LogP contribution in [-0.4, -0.2) is 59.1 Å². The summed E-state index contributed by atoms with van der Waals surface area (Å²) in [6.07, 6.45) is 1.96. The van der Waals surface area contributed by atoms with Gasteiger partial charge in [0.2, 0.25) is 0 Å². The van der Waals surface area contributed by atoms with Crippen molar-refractivity contribution in [1.82, 2.24) is 10.2 Å². The van der Waals surface area contributed by atoms with Gasteiger partial charge in [-0.25, -0.2) is 8.42 Å². The Balaban J connectivity index is 1.85. The first-order valence-corrected chi connectivity index (χ1v) is 12.0. The first kappa shape index (κ1) is 23.1. The molecule has 2 aromatic carbocycles. The molecule has 1 amide bonds. The lowest BCUT2D eigenvalue weighted by Gasteiger charge is -2.32. The van der Waals surface area contributed by atoms with Crippen molar-refractivity contribution < 1.29 is 17.9 Å². The van der Waals surface area contributed by atoms with E-state index in [0.717, 1.165) is 38.0 Å². The van der Waals surface area contributed by atoms with Crippen LogP contribution in [0.3, 0.4) is 0 Å². The number of amides is 1. The summed E-state index contributed by atoms with van der Waals surface area (Å²) in [5, 5.41) is 3.09. The number of ether oxygens (including phenoxy) is 1. The number of hydrogen-bond acceptors (Lipinski definition) is 5. The molecule has 31 heavy (non-hydrogen) atoms. The third-order valence-corrected chi connectivity index (χ3v) is 7.56. The van der Waals surface area contributed by atoms with Crippen molar-refractivity contribution >= 4 is 21.6 Å². The maximum absolute atomic E-state index is 13.1. The summed E-state index contributed by atoms with van der Waals surface area (Å²) >= 11 is 0. The second kappa shape index (κ2) is 9.70. The Morgan fingerprint density at radius 2 is 1.94 bits per heavy atom. The fourth-order valence-corrected chi connectivity index (χ4v) is 4.99. The lowest BCUT2D eigenvalue weighted by atomic mass is 10.0. The minimum absolute atomic E-state index is 0.0589. The molecule has 1 N–H and O–H groups in total. The van der Waals surface area contributed by atoms with E-state index in [2.05, 4.69) is 17.1 Å². The maximum atomic E-state index is 13.1. The molecule has 0 spiro atoms. The van der Waals surface area contributed by atoms with Crippen LogP contribution >= 0.6 is 0 Å². The van der Waals surface area contributed by atoms with Gasteiger partial charge in [0.1, 0.15) is 5.75 Å². The molecule has 0 bridgehead atoms. The summed E-state index contributed by atoms with van der Waals surface area (Å²) in [6, 6.07) is 11.6. The highest BCUT2D eigenvalue weighted by Gasteiger charge is 2.25. The van der Waals surface area contributed by atoms with Crippen LogP contribution in [0.1, 0.15) is 35.7 Å². The van der Waals surface area contributed by atoms with Gasteiger partial charge in [0.15, 0.2) is 0 Å². The highest BCUT2D eigenvalue weighted by Crippen LogP contribution is 2.28. The Hall–Kier alpha value is -2.58. The third kappa shape index (κ3) is 5.19. The minimum atomic E-state index is -3.75. The number of methoxy groups -OCH3 is 1. The van der Waals surface area contributed by atoms with Crippen molar-refractivity contribution in [3.63, 3.8) is 0 Å². The number of nitrogens with one attached hydrogen (secondary N) is 1. The Kier molecular flexibility index (Phi) is 7.23. The van der Waals surface area contributed by atoms with Crippen LogP contribution in [0.5, 0.6) is 5.75 Å². The van der Waals surface area contributed by atoms with Crippen molar-refractivity contribution in [3.05, 3.63) is 53.6 Å². The number of likely N-dealkylation sites (tertiary alicyclic amines) is 1. The standard InChI is InChI=1S/C23H31N3O4S/c1-5-26-14-6-7-18(16-26)24-23(27)21-15-19(10-13-22(21)30-4)25(3)31(28,29)20-11-8-17(2)9-12-20/h8-13,15,18H,5-7,14,16H2,1-4H3,(H,24,27)/t18-/m1/s1. The molecule has 1 heterocycles. The van der Waals surface area contributed by atoms with E-state index in [1.807, 2.05) is 6.92 Å². The molecule has 7 nitrogen and oxygen atoms in total. The molecule has 168 valence electrons. The highest BCUT2D eigenvalue weighted by atomic mass is 32.2. The number of nitrogens with zero attached hydrogens (tertiary/aromatic N) is 2. The molecular formula is C23H31N3O4S. The molecule has 0 aromatic heterocycles. The average molecular weight is 446 g/mol. The van der Waals surface area contributed by atoms with Gasteiger partial charge >= 0.3 is 0 Å². The molecule has 0 aliphatic carbocycles. The van der Waals surface area contributed by atoms with E-state index in [1.54, 1.807) is 42.5 Å². The van der Waals surface area contributed by atoms with Crippen LogP contribution in [0.2, 0.25) is 0 Å². The molecule has 1 atom stereocenters. The van der Waals surface area contributed by atoms with Gasteiger partial charge in [-0.1, -0.05) is 24.6 Å². The summed E-state index contributed by atoms with van der Waals surface area (Å²) in [6.45, 7) is 6.82. The minimum Gasteiger partial charge on any atom is -0.496 e. The fraction of sp³-hybridized carbons (Fsp3) is 0.435. The molecule has 3 rings (SSSR count). The zero-order valence-corrected chi connectivity index (χ0v) is 19.4. The molecule has 1 aliphatic rings. The van der Waals surface area contributed by atoms with E-state index in [9.17, 15) is 13.2 Å². The lowest BCUT2D eigenvalue weighted by molar-refractivity contribution is 0.0903. The van der Waals surface area contributed by atoms with Crippen molar-refractivity contribution in [3.8, 4) is 5.75 Å². The molecule has 1 saturated heterocycles. The molecule has 0 radical (unpaired) electrons. The lowest BCUT2D eigenvalue weighted by Crippen LogP contribution is -2.47. The van der Waals surface area contributed by atoms with Gasteiger partial charge in [0, 0.05) is 19.6 Å². The van der Waals surface area contributed by atoms with E-state index in [0.29, 0.717) is 17.0 Å². The summed E-state index contributed by atoms with van der Waals surface area (Å²) in [4.78, 5) is 15.5. The zero-order chi connectivity index (χ0) is 22.6. The van der Waals surface area contributed by atoms with Gasteiger partial charge in [0.25, 0.3) is 15.9 Å². The molecule has 1 fully saturated rings. The van der Waals surface area contributed by atoms with E-state index < -0.39 is 10.0 Å². The number of sulfonamides is 1. The van der Waals surface area contributed by atoms with Gasteiger partial charge in [-0.2, -0.15) is 0 Å². The van der Waals surface area contributed by atoms with Crippen LogP contribution in [0.15, 0.2) is 47.4 Å². The second-order valence-corrected chi connectivity index (χ2v) is 9.85. The predicted molar refractivity (Wildman–Crippen MR) is 122 cm³/mol. The smallest absolute Gasteiger partial charge is 0.264 e. The Morgan fingerprint density at radius 3 is 2.58 bits per heavy atom. The number of anilines is 1. The second-order valence-electron chi connectivity index (χ2n) is 7.88. The molecule has 2 aromatic rings. The Morgan fingerprint density at radius 1 is 1.23 bits per heavy atom. The Labute approximate surface area is 185 Å². The summed E-state index contributed by atoms with van der Waals surface area (Å²) in [7, 11) is -0.772. The number of rotatable bonds is 7. The molecule has 8 heteroatoms. The van der Waals surface area contributed by atoms with Gasteiger partial charge in [0.05, 0.1) is 23.3 Å². The van der Waals surface area contributed by atoms with Gasteiger partial charge in [-0.05, 0) is 63.2 Å². The topological polar surface area (TPSA) is 79.0 Å². The quantitative estimate of drug-likeness (QED) is 0.709. The van der Waals surface area contributed by atoms with Crippen LogP contribution in [-0.2, 0) is 10.0 Å². The van der Waals surface area contributed by atoms with Gasteiger partial charge in [-0.15, -0.1) is 0 Å². The van der Waals surface area contributed by atoms with E-state index in [1.165, 1.54) is 18.5 Å². The van der Waals surface area contributed by atoms with Crippen LogP contribution in [0.25, 0.3) is 0 Å². The zero-order valence-electron chi connectivity index (χ0n) is 18.6. The van der Waals surface area contributed by atoms with E-state index in [-0.39, 0.29) is 16.8 Å². The number of carbonyl (C=O) groups is 1. The number of benzene rings is 2. The maximum Gasteiger partial charge on any atom is 0.264 e. The normalized spacial score (nSPS) is 17.2. The van der Waals surface area contributed by atoms with Gasteiger partial charge in [-0.3, -0.25) is 9.10 Å². The van der Waals surface area contributed by atoms with E-state index in [4.69, 9.17) is 4.74 Å². The number of aryl methyl sites for hydroxylation is 1. The van der Waals surface area contributed by atoms with Crippen LogP contribution in [0, 0.1) is 6.92 Å².